The molecule has 0 aromatic carbocycles. The predicted molar refractivity (Wildman–Crippen MR) is 73.2 cm³/mol. The van der Waals surface area contributed by atoms with E-state index in [-0.39, 0.29) is 6.54 Å². The fourth-order valence-corrected chi connectivity index (χ4v) is 2.65. The van der Waals surface area contributed by atoms with Gasteiger partial charge in [-0.2, -0.15) is 13.2 Å². The van der Waals surface area contributed by atoms with Gasteiger partial charge < -0.3 is 4.42 Å². The molecule has 2 aromatic heterocycles. The summed E-state index contributed by atoms with van der Waals surface area (Å²) in [5, 5.41) is 0. The summed E-state index contributed by atoms with van der Waals surface area (Å²) in [6.45, 7) is -0.119. The summed E-state index contributed by atoms with van der Waals surface area (Å²) in [5.41, 5.74) is 1.11. The Morgan fingerprint density at radius 3 is 2.55 bits per heavy atom. The van der Waals surface area contributed by atoms with Crippen LogP contribution in [0.1, 0.15) is 12.0 Å². The van der Waals surface area contributed by atoms with Crippen molar-refractivity contribution in [1.29, 1.82) is 0 Å². The van der Waals surface area contributed by atoms with Crippen molar-refractivity contribution in [2.24, 2.45) is 0 Å². The molecule has 0 aliphatic carbocycles. The van der Waals surface area contributed by atoms with E-state index >= 15 is 0 Å². The van der Waals surface area contributed by atoms with Crippen molar-refractivity contribution in [3.63, 3.8) is 0 Å². The van der Waals surface area contributed by atoms with Crippen molar-refractivity contribution in [2.75, 3.05) is 5.75 Å². The smallest absolute Gasteiger partial charge is 0.390 e. The minimum Gasteiger partial charge on any atom is -0.463 e. The fraction of sp³-hybridized carbons (Fsp3) is 0.308. The molecule has 0 radical (unpaired) electrons. The van der Waals surface area contributed by atoms with Gasteiger partial charge in [0, 0.05) is 12.7 Å². The average molecular weight is 334 g/mol. The van der Waals surface area contributed by atoms with Gasteiger partial charge >= 0.3 is 6.18 Å². The van der Waals surface area contributed by atoms with Crippen LogP contribution in [-0.4, -0.2) is 25.3 Å². The summed E-state index contributed by atoms with van der Waals surface area (Å²) >= 11 is 0. The van der Waals surface area contributed by atoms with Gasteiger partial charge in [-0.3, -0.25) is 4.98 Å². The molecule has 0 atom stereocenters. The van der Waals surface area contributed by atoms with E-state index in [1.165, 1.54) is 12.5 Å². The zero-order valence-corrected chi connectivity index (χ0v) is 12.1. The topological polar surface area (TPSA) is 72.2 Å². The van der Waals surface area contributed by atoms with Crippen molar-refractivity contribution in [2.45, 2.75) is 19.1 Å². The molecule has 120 valence electrons. The number of sulfonamides is 1. The first-order valence-corrected chi connectivity index (χ1v) is 7.93. The molecular weight excluding hydrogens is 321 g/mol. The summed E-state index contributed by atoms with van der Waals surface area (Å²) in [6, 6.07) is 6.69. The molecule has 0 aliphatic rings. The number of rotatable bonds is 6. The molecule has 0 amide bonds. The molecule has 2 rings (SSSR count). The summed E-state index contributed by atoms with van der Waals surface area (Å²) in [4.78, 5) is 4.10. The Bertz CT molecular complexity index is 695. The molecule has 1 N–H and O–H groups in total. The molecule has 0 saturated heterocycles. The molecular formula is C13H13F3N2O3S. The Hall–Kier alpha value is -1.87. The Morgan fingerprint density at radius 2 is 2.00 bits per heavy atom. The van der Waals surface area contributed by atoms with Crippen LogP contribution in [0.4, 0.5) is 13.2 Å². The highest BCUT2D eigenvalue weighted by Gasteiger charge is 2.29. The van der Waals surface area contributed by atoms with Gasteiger partial charge in [0.25, 0.3) is 0 Å². The number of aromatic nitrogens is 1. The minimum absolute atomic E-state index is 0.119. The van der Waals surface area contributed by atoms with E-state index in [0.717, 1.165) is 0 Å². The number of alkyl halides is 3. The van der Waals surface area contributed by atoms with Crippen LogP contribution in [0.2, 0.25) is 0 Å². The maximum atomic E-state index is 12.0. The summed E-state index contributed by atoms with van der Waals surface area (Å²) in [7, 11) is -3.98. The number of halogens is 3. The van der Waals surface area contributed by atoms with E-state index in [0.29, 0.717) is 17.0 Å². The third-order valence-corrected chi connectivity index (χ3v) is 4.07. The molecule has 2 heterocycles. The van der Waals surface area contributed by atoms with Gasteiger partial charge in [-0.1, -0.05) is 6.07 Å². The normalized spacial score (nSPS) is 12.5. The van der Waals surface area contributed by atoms with E-state index in [4.69, 9.17) is 4.42 Å². The van der Waals surface area contributed by atoms with Gasteiger partial charge in [0.15, 0.2) is 5.76 Å². The average Bonchev–Trinajstić information content (AvgIpc) is 2.97. The first-order valence-electron chi connectivity index (χ1n) is 6.28. The highest BCUT2D eigenvalue weighted by Crippen LogP contribution is 2.20. The number of nitrogens with one attached hydrogen (secondary N) is 1. The first kappa shape index (κ1) is 16.5. The lowest BCUT2D eigenvalue weighted by Crippen LogP contribution is -2.28. The van der Waals surface area contributed by atoms with Gasteiger partial charge in [0.05, 0.1) is 18.4 Å². The molecule has 0 aliphatic heterocycles. The molecule has 5 nitrogen and oxygen atoms in total. The predicted octanol–water partition coefficient (Wildman–Crippen LogP) is 2.71. The summed E-state index contributed by atoms with van der Waals surface area (Å²) in [5.74, 6) is -0.425. The molecule has 0 bridgehead atoms. The van der Waals surface area contributed by atoms with E-state index in [1.54, 1.807) is 24.3 Å². The van der Waals surface area contributed by atoms with Crippen LogP contribution in [0.5, 0.6) is 0 Å². The van der Waals surface area contributed by atoms with Crippen LogP contribution < -0.4 is 4.72 Å². The zero-order chi connectivity index (χ0) is 16.2. The third-order valence-electron chi connectivity index (χ3n) is 2.75. The molecule has 22 heavy (non-hydrogen) atoms. The van der Waals surface area contributed by atoms with Crippen molar-refractivity contribution >= 4 is 10.0 Å². The quantitative estimate of drug-likeness (QED) is 0.882. The highest BCUT2D eigenvalue weighted by atomic mass is 32.2. The second kappa shape index (κ2) is 6.49. The molecule has 0 unspecified atom stereocenters. The van der Waals surface area contributed by atoms with E-state index in [1.807, 2.05) is 0 Å². The minimum atomic E-state index is -4.50. The lowest BCUT2D eigenvalue weighted by Gasteiger charge is -2.08. The second-order valence-corrected chi connectivity index (χ2v) is 6.46. The highest BCUT2D eigenvalue weighted by molar-refractivity contribution is 7.89. The zero-order valence-electron chi connectivity index (χ0n) is 11.3. The number of nitrogens with zero attached hydrogens (tertiary/aromatic N) is 1. The maximum absolute atomic E-state index is 12.0. The fourth-order valence-electron chi connectivity index (χ4n) is 1.61. The van der Waals surface area contributed by atoms with Crippen molar-refractivity contribution in [3.8, 4) is 11.5 Å². The molecule has 0 spiro atoms. The van der Waals surface area contributed by atoms with Crippen molar-refractivity contribution < 1.29 is 26.0 Å². The number of pyridine rings is 1. The van der Waals surface area contributed by atoms with Crippen LogP contribution in [0.25, 0.3) is 11.5 Å². The number of furan rings is 1. The number of hydrogen-bond donors (Lipinski definition) is 1. The van der Waals surface area contributed by atoms with Crippen LogP contribution in [-0.2, 0) is 16.6 Å². The lowest BCUT2D eigenvalue weighted by molar-refractivity contribution is -0.129. The molecule has 0 saturated carbocycles. The molecule has 0 fully saturated rings. The molecule has 9 heteroatoms. The first-order chi connectivity index (χ1) is 10.3. The SMILES string of the molecule is O=S(=O)(CCC(F)(F)F)NCc1ccc(-c2ccco2)nc1. The third kappa shape index (κ3) is 5.15. The van der Waals surface area contributed by atoms with E-state index in [2.05, 4.69) is 9.71 Å². The molecule has 2 aromatic rings. The van der Waals surface area contributed by atoms with Crippen molar-refractivity contribution in [3.05, 3.63) is 42.3 Å². The van der Waals surface area contributed by atoms with Crippen LogP contribution >= 0.6 is 0 Å². The standard InChI is InChI=1S/C13H13F3N2O3S/c14-13(15,16)5-7-22(19,20)18-9-10-3-4-11(17-8-10)12-2-1-6-21-12/h1-4,6,8,18H,5,7,9H2. The van der Waals surface area contributed by atoms with Crippen LogP contribution in [0, 0.1) is 0 Å². The lowest BCUT2D eigenvalue weighted by atomic mass is 10.2. The second-order valence-electron chi connectivity index (χ2n) is 4.53. The Labute approximate surface area is 125 Å². The van der Waals surface area contributed by atoms with Gasteiger partial charge in [-0.15, -0.1) is 0 Å². The monoisotopic (exact) mass is 334 g/mol. The van der Waals surface area contributed by atoms with E-state index < -0.39 is 28.4 Å². The van der Waals surface area contributed by atoms with E-state index in [9.17, 15) is 21.6 Å². The summed E-state index contributed by atoms with van der Waals surface area (Å²) < 4.78 is 66.2. The van der Waals surface area contributed by atoms with Crippen molar-refractivity contribution in [1.82, 2.24) is 9.71 Å². The number of hydrogen-bond acceptors (Lipinski definition) is 4. The Morgan fingerprint density at radius 1 is 1.23 bits per heavy atom. The summed E-state index contributed by atoms with van der Waals surface area (Å²) in [6.07, 6.45) is -2.94. The van der Waals surface area contributed by atoms with Gasteiger partial charge in [0.2, 0.25) is 10.0 Å². The van der Waals surface area contributed by atoms with Gasteiger partial charge in [0.1, 0.15) is 5.69 Å². The van der Waals surface area contributed by atoms with Gasteiger partial charge in [-0.05, 0) is 23.8 Å². The maximum Gasteiger partial charge on any atom is 0.390 e. The van der Waals surface area contributed by atoms with Gasteiger partial charge in [-0.25, -0.2) is 13.1 Å². The Balaban J connectivity index is 1.91. The largest absolute Gasteiger partial charge is 0.463 e. The van der Waals surface area contributed by atoms with Crippen LogP contribution in [0.15, 0.2) is 41.1 Å². The Kier molecular flexibility index (Phi) is 4.87. The van der Waals surface area contributed by atoms with Crippen LogP contribution in [0.3, 0.4) is 0 Å².